The Morgan fingerprint density at radius 2 is 1.72 bits per heavy atom. The highest BCUT2D eigenvalue weighted by atomic mass is 35.5. The monoisotopic (exact) mass is 477 g/mol. The largest absolute Gasteiger partial charge is 0.353 e. The second-order valence-corrected chi connectivity index (χ2v) is 10.0. The molecule has 0 saturated carbocycles. The van der Waals surface area contributed by atoms with Gasteiger partial charge in [0, 0.05) is 43.5 Å². The van der Waals surface area contributed by atoms with E-state index in [0.29, 0.717) is 43.8 Å². The maximum atomic E-state index is 12.4. The fraction of sp³-hybridized carbons (Fsp3) is 0.391. The Bertz CT molecular complexity index is 1020. The van der Waals surface area contributed by atoms with Crippen LogP contribution in [0.2, 0.25) is 5.02 Å². The van der Waals surface area contributed by atoms with Gasteiger partial charge in [0.15, 0.2) is 0 Å². The summed E-state index contributed by atoms with van der Waals surface area (Å²) >= 11 is 5.85. The van der Waals surface area contributed by atoms with Gasteiger partial charge in [-0.3, -0.25) is 9.59 Å². The average molecular weight is 478 g/mol. The van der Waals surface area contributed by atoms with E-state index in [0.717, 1.165) is 5.56 Å². The molecule has 3 rings (SSSR count). The van der Waals surface area contributed by atoms with E-state index in [1.54, 1.807) is 17.0 Å². The number of nitrogens with one attached hydrogen (secondary N) is 2. The van der Waals surface area contributed by atoms with Gasteiger partial charge in [-0.15, -0.1) is 0 Å². The highest BCUT2D eigenvalue weighted by Crippen LogP contribution is 2.16. The molecule has 172 valence electrons. The first-order chi connectivity index (χ1) is 15.3. The number of hydrogen-bond acceptors (Lipinski definition) is 4. The molecule has 0 atom stereocenters. The first kappa shape index (κ1) is 24.2. The van der Waals surface area contributed by atoms with Crippen molar-refractivity contribution >= 4 is 33.4 Å². The Balaban J connectivity index is 1.35. The number of aryl methyl sites for hydroxylation is 1. The molecule has 2 N–H and O–H groups in total. The molecule has 1 heterocycles. The molecule has 0 unspecified atom stereocenters. The van der Waals surface area contributed by atoms with Crippen LogP contribution in [0.5, 0.6) is 0 Å². The second-order valence-electron chi connectivity index (χ2n) is 7.81. The van der Waals surface area contributed by atoms with Gasteiger partial charge >= 0.3 is 0 Å². The van der Waals surface area contributed by atoms with Gasteiger partial charge in [0.25, 0.3) is 0 Å². The highest BCUT2D eigenvalue weighted by Gasteiger charge is 2.24. The second kappa shape index (κ2) is 11.4. The van der Waals surface area contributed by atoms with Crippen LogP contribution >= 0.6 is 11.6 Å². The van der Waals surface area contributed by atoms with E-state index < -0.39 is 10.0 Å². The van der Waals surface area contributed by atoms with Crippen molar-refractivity contribution in [2.45, 2.75) is 43.0 Å². The Morgan fingerprint density at radius 3 is 2.41 bits per heavy atom. The van der Waals surface area contributed by atoms with Crippen molar-refractivity contribution in [3.05, 3.63) is 65.2 Å². The average Bonchev–Trinajstić information content (AvgIpc) is 2.79. The predicted molar refractivity (Wildman–Crippen MR) is 124 cm³/mol. The van der Waals surface area contributed by atoms with Crippen molar-refractivity contribution in [3.8, 4) is 0 Å². The normalized spacial score (nSPS) is 14.8. The molecule has 0 spiro atoms. The zero-order valence-corrected chi connectivity index (χ0v) is 19.4. The fourth-order valence-electron chi connectivity index (χ4n) is 3.64. The predicted octanol–water partition coefficient (Wildman–Crippen LogP) is 2.75. The van der Waals surface area contributed by atoms with Crippen molar-refractivity contribution < 1.29 is 18.0 Å². The molecule has 0 radical (unpaired) electrons. The zero-order valence-electron chi connectivity index (χ0n) is 17.8. The first-order valence-electron chi connectivity index (χ1n) is 10.7. The van der Waals surface area contributed by atoms with Gasteiger partial charge in [0.05, 0.1) is 4.90 Å². The molecule has 0 aromatic heterocycles. The van der Waals surface area contributed by atoms with Crippen molar-refractivity contribution in [2.75, 3.05) is 19.6 Å². The number of halogens is 1. The third kappa shape index (κ3) is 7.32. The number of likely N-dealkylation sites (tertiary alicyclic amines) is 1. The molecule has 1 fully saturated rings. The van der Waals surface area contributed by atoms with Gasteiger partial charge in [-0.25, -0.2) is 13.1 Å². The van der Waals surface area contributed by atoms with Crippen molar-refractivity contribution in [1.29, 1.82) is 0 Å². The lowest BCUT2D eigenvalue weighted by Gasteiger charge is -2.32. The van der Waals surface area contributed by atoms with E-state index in [-0.39, 0.29) is 35.7 Å². The number of piperidine rings is 1. The fourth-order valence-corrected chi connectivity index (χ4v) is 4.98. The zero-order chi connectivity index (χ0) is 23.0. The Labute approximate surface area is 194 Å². The Morgan fingerprint density at radius 1 is 1.00 bits per heavy atom. The lowest BCUT2D eigenvalue weighted by atomic mass is 10.0. The summed E-state index contributed by atoms with van der Waals surface area (Å²) in [6.07, 6.45) is 2.60. The highest BCUT2D eigenvalue weighted by molar-refractivity contribution is 7.89. The lowest BCUT2D eigenvalue weighted by molar-refractivity contribution is -0.132. The first-order valence-corrected chi connectivity index (χ1v) is 12.6. The van der Waals surface area contributed by atoms with E-state index in [2.05, 4.69) is 10.0 Å². The van der Waals surface area contributed by atoms with Crippen LogP contribution in [0, 0.1) is 0 Å². The standard InChI is InChI=1S/C23H28ClN3O4S/c24-19-7-4-8-21(17-19)32(30,31)25-14-11-23(29)27-15-12-20(13-16-27)26-22(28)10-9-18-5-2-1-3-6-18/h1-8,17,20,25H,9-16H2,(H,26,28). The quantitative estimate of drug-likeness (QED) is 0.580. The van der Waals surface area contributed by atoms with Crippen LogP contribution in [0.25, 0.3) is 0 Å². The number of sulfonamides is 1. The van der Waals surface area contributed by atoms with Crippen LogP contribution in [0.3, 0.4) is 0 Å². The van der Waals surface area contributed by atoms with E-state index in [1.165, 1.54) is 12.1 Å². The Kier molecular flexibility index (Phi) is 8.67. The van der Waals surface area contributed by atoms with Gasteiger partial charge < -0.3 is 10.2 Å². The molecular weight excluding hydrogens is 450 g/mol. The summed E-state index contributed by atoms with van der Waals surface area (Å²) in [6, 6.07) is 15.9. The number of benzene rings is 2. The summed E-state index contributed by atoms with van der Waals surface area (Å²) in [6.45, 7) is 1.11. The maximum Gasteiger partial charge on any atom is 0.240 e. The summed E-state index contributed by atoms with van der Waals surface area (Å²) in [5, 5.41) is 3.39. The number of hydrogen-bond donors (Lipinski definition) is 2. The van der Waals surface area contributed by atoms with Crippen molar-refractivity contribution in [2.24, 2.45) is 0 Å². The molecule has 2 aromatic carbocycles. The smallest absolute Gasteiger partial charge is 0.240 e. The van der Waals surface area contributed by atoms with Gasteiger partial charge in [0.1, 0.15) is 0 Å². The van der Waals surface area contributed by atoms with Gasteiger partial charge in [-0.05, 0) is 43.0 Å². The minimum absolute atomic E-state index is 0.0177. The molecule has 1 aliphatic rings. The summed E-state index contributed by atoms with van der Waals surface area (Å²) in [4.78, 5) is 26.4. The molecule has 1 saturated heterocycles. The van der Waals surface area contributed by atoms with E-state index in [1.807, 2.05) is 30.3 Å². The third-order valence-corrected chi connectivity index (χ3v) is 7.13. The molecule has 9 heteroatoms. The van der Waals surface area contributed by atoms with E-state index in [9.17, 15) is 18.0 Å². The summed E-state index contributed by atoms with van der Waals surface area (Å²) in [7, 11) is -3.71. The minimum Gasteiger partial charge on any atom is -0.353 e. The topological polar surface area (TPSA) is 95.6 Å². The van der Waals surface area contributed by atoms with Crippen LogP contribution < -0.4 is 10.0 Å². The van der Waals surface area contributed by atoms with E-state index >= 15 is 0 Å². The molecule has 0 aliphatic carbocycles. The number of nitrogens with zero attached hydrogens (tertiary/aromatic N) is 1. The van der Waals surface area contributed by atoms with Crippen LogP contribution in [-0.4, -0.2) is 50.8 Å². The van der Waals surface area contributed by atoms with Crippen LogP contribution in [-0.2, 0) is 26.0 Å². The molecule has 32 heavy (non-hydrogen) atoms. The number of rotatable bonds is 9. The summed E-state index contributed by atoms with van der Waals surface area (Å²) in [5.74, 6) is -0.0818. The SMILES string of the molecule is O=C(CCc1ccccc1)NC1CCN(C(=O)CCNS(=O)(=O)c2cccc(Cl)c2)CC1. The number of amides is 2. The van der Waals surface area contributed by atoms with Gasteiger partial charge in [-0.1, -0.05) is 48.0 Å². The van der Waals surface area contributed by atoms with Crippen LogP contribution in [0.1, 0.15) is 31.2 Å². The van der Waals surface area contributed by atoms with Crippen molar-refractivity contribution in [1.82, 2.24) is 14.9 Å². The maximum absolute atomic E-state index is 12.4. The van der Waals surface area contributed by atoms with Gasteiger partial charge in [-0.2, -0.15) is 0 Å². The lowest BCUT2D eigenvalue weighted by Crippen LogP contribution is -2.47. The number of carbonyl (C=O) groups excluding carboxylic acids is 2. The molecule has 7 nitrogen and oxygen atoms in total. The van der Waals surface area contributed by atoms with Crippen LogP contribution in [0.4, 0.5) is 0 Å². The molecule has 2 aromatic rings. The molecule has 2 amide bonds. The summed E-state index contributed by atoms with van der Waals surface area (Å²) in [5.41, 5.74) is 1.13. The molecule has 1 aliphatic heterocycles. The van der Waals surface area contributed by atoms with Gasteiger partial charge in [0.2, 0.25) is 21.8 Å². The minimum atomic E-state index is -3.71. The summed E-state index contributed by atoms with van der Waals surface area (Å²) < 4.78 is 27.0. The number of carbonyl (C=O) groups is 2. The molecule has 0 bridgehead atoms. The van der Waals surface area contributed by atoms with Crippen LogP contribution in [0.15, 0.2) is 59.5 Å². The van der Waals surface area contributed by atoms with Crippen molar-refractivity contribution in [3.63, 3.8) is 0 Å². The third-order valence-electron chi connectivity index (χ3n) is 5.43. The molecular formula is C23H28ClN3O4S. The van der Waals surface area contributed by atoms with E-state index in [4.69, 9.17) is 11.6 Å². The Hall–Kier alpha value is -2.42.